The summed E-state index contributed by atoms with van der Waals surface area (Å²) in [5, 5.41) is 6.50. The highest BCUT2D eigenvalue weighted by Crippen LogP contribution is 2.30. The fraction of sp³-hybridized carbons (Fsp3) is 0.929. The largest absolute Gasteiger partial charge is 0.356 e. The molecule has 1 saturated carbocycles. The quantitative estimate of drug-likeness (QED) is 0.786. The van der Waals surface area contributed by atoms with Crippen LogP contribution in [0.3, 0.4) is 0 Å². The molecule has 2 N–H and O–H groups in total. The Bertz CT molecular complexity index is 249. The zero-order chi connectivity index (χ0) is 12.1. The van der Waals surface area contributed by atoms with Gasteiger partial charge in [0, 0.05) is 13.0 Å². The second-order valence-electron chi connectivity index (χ2n) is 5.89. The van der Waals surface area contributed by atoms with Crippen LogP contribution in [0.2, 0.25) is 0 Å². The summed E-state index contributed by atoms with van der Waals surface area (Å²) in [6.45, 7) is 5.36. The molecular weight excluding hydrogens is 212 g/mol. The molecule has 0 spiro atoms. The second-order valence-corrected chi connectivity index (χ2v) is 5.89. The van der Waals surface area contributed by atoms with Gasteiger partial charge in [-0.15, -0.1) is 0 Å². The van der Waals surface area contributed by atoms with Gasteiger partial charge in [-0.3, -0.25) is 4.79 Å². The van der Waals surface area contributed by atoms with E-state index in [0.29, 0.717) is 12.3 Å². The van der Waals surface area contributed by atoms with Crippen molar-refractivity contribution in [3.05, 3.63) is 0 Å². The monoisotopic (exact) mass is 238 g/mol. The number of rotatable bonds is 4. The van der Waals surface area contributed by atoms with Gasteiger partial charge in [-0.2, -0.15) is 0 Å². The summed E-state index contributed by atoms with van der Waals surface area (Å²) in [6.07, 6.45) is 7.12. The Kier molecular flexibility index (Phi) is 4.84. The van der Waals surface area contributed by atoms with Crippen LogP contribution in [-0.2, 0) is 4.79 Å². The first-order valence-electron chi connectivity index (χ1n) is 7.23. The molecule has 3 nitrogen and oxygen atoms in total. The van der Waals surface area contributed by atoms with Gasteiger partial charge >= 0.3 is 0 Å². The van der Waals surface area contributed by atoms with Crippen molar-refractivity contribution in [1.29, 1.82) is 0 Å². The van der Waals surface area contributed by atoms with Crippen LogP contribution >= 0.6 is 0 Å². The predicted octanol–water partition coefficient (Wildman–Crippen LogP) is 1.93. The highest BCUT2D eigenvalue weighted by atomic mass is 16.1. The summed E-state index contributed by atoms with van der Waals surface area (Å²) in [4.78, 5) is 11.8. The zero-order valence-electron chi connectivity index (χ0n) is 11.0. The molecule has 1 aliphatic heterocycles. The van der Waals surface area contributed by atoms with E-state index in [4.69, 9.17) is 0 Å². The average Bonchev–Trinajstić information content (AvgIpc) is 2.74. The SMILES string of the molecule is CC1CCCC1CNC(=O)CC1CCCNC1. The molecular formula is C14H26N2O. The van der Waals surface area contributed by atoms with E-state index in [2.05, 4.69) is 17.6 Å². The molecule has 1 amide bonds. The number of nitrogens with one attached hydrogen (secondary N) is 2. The third-order valence-corrected chi connectivity index (χ3v) is 4.47. The lowest BCUT2D eigenvalue weighted by Gasteiger charge is -2.23. The molecule has 3 heteroatoms. The van der Waals surface area contributed by atoms with Crippen LogP contribution in [-0.4, -0.2) is 25.5 Å². The number of amides is 1. The van der Waals surface area contributed by atoms with E-state index in [1.807, 2.05) is 0 Å². The van der Waals surface area contributed by atoms with Crippen LogP contribution in [0, 0.1) is 17.8 Å². The Balaban J connectivity index is 1.63. The van der Waals surface area contributed by atoms with E-state index >= 15 is 0 Å². The molecule has 98 valence electrons. The second kappa shape index (κ2) is 6.39. The van der Waals surface area contributed by atoms with E-state index in [1.54, 1.807) is 0 Å². The van der Waals surface area contributed by atoms with E-state index in [1.165, 1.54) is 32.1 Å². The van der Waals surface area contributed by atoms with Crippen LogP contribution in [0.25, 0.3) is 0 Å². The van der Waals surface area contributed by atoms with Crippen molar-refractivity contribution in [2.24, 2.45) is 17.8 Å². The maximum atomic E-state index is 11.8. The van der Waals surface area contributed by atoms with E-state index in [0.717, 1.165) is 31.5 Å². The smallest absolute Gasteiger partial charge is 0.220 e. The van der Waals surface area contributed by atoms with E-state index < -0.39 is 0 Å². The highest BCUT2D eigenvalue weighted by molar-refractivity contribution is 5.76. The first-order valence-corrected chi connectivity index (χ1v) is 7.23. The number of hydrogen-bond donors (Lipinski definition) is 2. The molecule has 1 saturated heterocycles. The van der Waals surface area contributed by atoms with Crippen molar-refractivity contribution in [2.75, 3.05) is 19.6 Å². The molecule has 1 aliphatic carbocycles. The number of hydrogen-bond acceptors (Lipinski definition) is 2. The molecule has 2 fully saturated rings. The number of piperidine rings is 1. The van der Waals surface area contributed by atoms with Crippen molar-refractivity contribution in [3.8, 4) is 0 Å². The normalized spacial score (nSPS) is 33.6. The van der Waals surface area contributed by atoms with Crippen LogP contribution in [0.1, 0.15) is 45.4 Å². The fourth-order valence-electron chi connectivity index (χ4n) is 3.20. The zero-order valence-corrected chi connectivity index (χ0v) is 11.0. The Morgan fingerprint density at radius 3 is 2.82 bits per heavy atom. The van der Waals surface area contributed by atoms with Crippen LogP contribution in [0.15, 0.2) is 0 Å². The lowest BCUT2D eigenvalue weighted by atomic mass is 9.95. The van der Waals surface area contributed by atoms with Crippen LogP contribution in [0.5, 0.6) is 0 Å². The lowest BCUT2D eigenvalue weighted by Crippen LogP contribution is -2.36. The van der Waals surface area contributed by atoms with Gasteiger partial charge < -0.3 is 10.6 Å². The Morgan fingerprint density at radius 1 is 1.29 bits per heavy atom. The first kappa shape index (κ1) is 12.9. The predicted molar refractivity (Wildman–Crippen MR) is 69.7 cm³/mol. The van der Waals surface area contributed by atoms with Crippen molar-refractivity contribution < 1.29 is 4.79 Å². The van der Waals surface area contributed by atoms with Crippen LogP contribution < -0.4 is 10.6 Å². The van der Waals surface area contributed by atoms with E-state index in [9.17, 15) is 4.79 Å². The molecule has 3 atom stereocenters. The van der Waals surface area contributed by atoms with Crippen molar-refractivity contribution in [1.82, 2.24) is 10.6 Å². The number of carbonyl (C=O) groups excluding carboxylic acids is 1. The molecule has 17 heavy (non-hydrogen) atoms. The minimum Gasteiger partial charge on any atom is -0.356 e. The molecule has 2 rings (SSSR count). The summed E-state index contributed by atoms with van der Waals surface area (Å²) < 4.78 is 0. The van der Waals surface area contributed by atoms with Gasteiger partial charge in [0.25, 0.3) is 0 Å². The maximum Gasteiger partial charge on any atom is 0.220 e. The molecule has 0 aromatic rings. The van der Waals surface area contributed by atoms with Gasteiger partial charge in [0.15, 0.2) is 0 Å². The van der Waals surface area contributed by atoms with Gasteiger partial charge in [0.1, 0.15) is 0 Å². The summed E-state index contributed by atoms with van der Waals surface area (Å²) in [7, 11) is 0. The molecule has 0 bridgehead atoms. The maximum absolute atomic E-state index is 11.8. The minimum atomic E-state index is 0.262. The van der Waals surface area contributed by atoms with Gasteiger partial charge in [-0.25, -0.2) is 0 Å². The molecule has 2 aliphatic rings. The highest BCUT2D eigenvalue weighted by Gasteiger charge is 2.24. The van der Waals surface area contributed by atoms with Gasteiger partial charge in [0.2, 0.25) is 5.91 Å². The van der Waals surface area contributed by atoms with Crippen molar-refractivity contribution in [2.45, 2.75) is 45.4 Å². The Hall–Kier alpha value is -0.570. The van der Waals surface area contributed by atoms with Crippen molar-refractivity contribution in [3.63, 3.8) is 0 Å². The summed E-state index contributed by atoms with van der Waals surface area (Å²) >= 11 is 0. The molecule has 0 aromatic carbocycles. The van der Waals surface area contributed by atoms with Gasteiger partial charge in [-0.1, -0.05) is 19.8 Å². The molecule has 1 heterocycles. The third kappa shape index (κ3) is 3.98. The Labute approximate surface area is 105 Å². The topological polar surface area (TPSA) is 41.1 Å². The standard InChI is InChI=1S/C14H26N2O/c1-11-4-2-6-13(11)10-16-14(17)8-12-5-3-7-15-9-12/h11-13,15H,2-10H2,1H3,(H,16,17). The minimum absolute atomic E-state index is 0.262. The molecule has 0 radical (unpaired) electrons. The molecule has 0 aromatic heterocycles. The van der Waals surface area contributed by atoms with Gasteiger partial charge in [-0.05, 0) is 50.1 Å². The average molecular weight is 238 g/mol. The molecule has 3 unspecified atom stereocenters. The summed E-state index contributed by atoms with van der Waals surface area (Å²) in [6, 6.07) is 0. The van der Waals surface area contributed by atoms with Crippen LogP contribution in [0.4, 0.5) is 0 Å². The van der Waals surface area contributed by atoms with Gasteiger partial charge in [0.05, 0.1) is 0 Å². The Morgan fingerprint density at radius 2 is 2.18 bits per heavy atom. The van der Waals surface area contributed by atoms with Crippen molar-refractivity contribution >= 4 is 5.91 Å². The third-order valence-electron chi connectivity index (χ3n) is 4.47. The first-order chi connectivity index (χ1) is 8.25. The number of carbonyl (C=O) groups is 1. The summed E-state index contributed by atoms with van der Waals surface area (Å²) in [5.41, 5.74) is 0. The summed E-state index contributed by atoms with van der Waals surface area (Å²) in [5.74, 6) is 2.35. The fourth-order valence-corrected chi connectivity index (χ4v) is 3.20. The van der Waals surface area contributed by atoms with E-state index in [-0.39, 0.29) is 5.91 Å². The lowest BCUT2D eigenvalue weighted by molar-refractivity contribution is -0.122.